The van der Waals surface area contributed by atoms with Crippen molar-refractivity contribution in [2.45, 2.75) is 71.3 Å². The van der Waals surface area contributed by atoms with Crippen LogP contribution in [0.5, 0.6) is 0 Å². The number of carbonyl (C=O) groups is 4. The highest BCUT2D eigenvalue weighted by Gasteiger charge is 2.56. The largest absolute Gasteiger partial charge is 0.325 e. The molecule has 2 aliphatic carbocycles. The zero-order valence-corrected chi connectivity index (χ0v) is 19.1. The zero-order valence-electron chi connectivity index (χ0n) is 18.3. The average molecular weight is 447 g/mol. The molecule has 1 aliphatic heterocycles. The van der Waals surface area contributed by atoms with Crippen molar-refractivity contribution in [2.24, 2.45) is 11.3 Å². The zero-order chi connectivity index (χ0) is 22.4. The lowest BCUT2D eigenvalue weighted by Crippen LogP contribution is -2.54. The summed E-state index contributed by atoms with van der Waals surface area (Å²) in [6.07, 6.45) is 6.33. The maximum absolute atomic E-state index is 13.1. The fraction of sp³-hybridized carbons (Fsp3) is 0.636. The van der Waals surface area contributed by atoms with E-state index in [4.69, 9.17) is 0 Å². The lowest BCUT2D eigenvalue weighted by molar-refractivity contribution is -0.137. The Morgan fingerprint density at radius 1 is 1.19 bits per heavy atom. The van der Waals surface area contributed by atoms with Crippen LogP contribution in [0.1, 0.15) is 73.0 Å². The molecular formula is C22H30N4O4S. The summed E-state index contributed by atoms with van der Waals surface area (Å²) >= 11 is 1.45. The van der Waals surface area contributed by atoms with Gasteiger partial charge in [-0.1, -0.05) is 20.8 Å². The number of carbonyl (C=O) groups excluding carboxylic acids is 4. The molecule has 3 N–H and O–H groups in total. The summed E-state index contributed by atoms with van der Waals surface area (Å²) in [7, 11) is 0. The first-order valence-corrected chi connectivity index (χ1v) is 11.8. The van der Waals surface area contributed by atoms with E-state index in [0.717, 1.165) is 37.0 Å². The number of rotatable bonds is 3. The molecule has 0 radical (unpaired) electrons. The van der Waals surface area contributed by atoms with E-state index < -0.39 is 24.0 Å². The molecule has 1 saturated carbocycles. The van der Waals surface area contributed by atoms with Gasteiger partial charge in [0.1, 0.15) is 12.1 Å². The third-order valence-electron chi connectivity index (χ3n) is 6.46. The standard InChI is InChI=1S/C22H30N4O4S/c1-13-9-21(2,3)12-22(10-13)19(29)26(20(30)23-22)11-17(27)24-25-18(28)16-8-14-6-4-5-7-15(14)31-16/h8,13H,4-7,9-12H2,1-3H3,(H,23,30)(H,24,27)(H,25,28)/t13-,22+/m1/s1. The van der Waals surface area contributed by atoms with Crippen LogP contribution in [0, 0.1) is 11.3 Å². The van der Waals surface area contributed by atoms with Gasteiger partial charge in [-0.05, 0) is 67.9 Å². The first-order chi connectivity index (χ1) is 14.6. The summed E-state index contributed by atoms with van der Waals surface area (Å²) in [4.78, 5) is 53.2. The van der Waals surface area contributed by atoms with Crippen LogP contribution in [-0.2, 0) is 22.4 Å². The molecule has 0 bridgehead atoms. The molecule has 31 heavy (non-hydrogen) atoms. The number of hydrogen-bond donors (Lipinski definition) is 3. The van der Waals surface area contributed by atoms with Crippen molar-refractivity contribution >= 4 is 35.1 Å². The molecule has 2 heterocycles. The van der Waals surface area contributed by atoms with E-state index >= 15 is 0 Å². The Kier molecular flexibility index (Phi) is 5.57. The van der Waals surface area contributed by atoms with E-state index in [9.17, 15) is 19.2 Å². The van der Waals surface area contributed by atoms with Gasteiger partial charge in [-0.3, -0.25) is 30.1 Å². The second-order valence-electron chi connectivity index (χ2n) is 10.0. The van der Waals surface area contributed by atoms with Gasteiger partial charge >= 0.3 is 6.03 Å². The molecule has 8 nitrogen and oxygen atoms in total. The molecule has 9 heteroatoms. The minimum absolute atomic E-state index is 0.0767. The number of fused-ring (bicyclic) bond motifs is 1. The van der Waals surface area contributed by atoms with Crippen LogP contribution in [0.25, 0.3) is 0 Å². The Hall–Kier alpha value is -2.42. The Balaban J connectivity index is 1.35. The number of nitrogens with zero attached hydrogens (tertiary/aromatic N) is 1. The smallest absolute Gasteiger partial charge is 0.323 e. The van der Waals surface area contributed by atoms with E-state index in [2.05, 4.69) is 36.9 Å². The second-order valence-corrected chi connectivity index (χ2v) is 11.2. The van der Waals surface area contributed by atoms with Gasteiger partial charge < -0.3 is 5.32 Å². The number of nitrogens with one attached hydrogen (secondary N) is 3. The van der Waals surface area contributed by atoms with Gasteiger partial charge in [0, 0.05) is 4.88 Å². The molecule has 2 fully saturated rings. The molecule has 1 aromatic heterocycles. The van der Waals surface area contributed by atoms with Gasteiger partial charge in [0.25, 0.3) is 17.7 Å². The van der Waals surface area contributed by atoms with Crippen molar-refractivity contribution in [3.05, 3.63) is 21.4 Å². The molecule has 4 rings (SSSR count). The van der Waals surface area contributed by atoms with Crippen LogP contribution in [0.4, 0.5) is 4.79 Å². The van der Waals surface area contributed by atoms with E-state index in [1.165, 1.54) is 21.8 Å². The molecule has 1 aromatic rings. The quantitative estimate of drug-likeness (QED) is 0.490. The van der Waals surface area contributed by atoms with Gasteiger partial charge in [0.2, 0.25) is 0 Å². The lowest BCUT2D eigenvalue weighted by Gasteiger charge is -2.43. The van der Waals surface area contributed by atoms with Crippen molar-refractivity contribution in [3.63, 3.8) is 0 Å². The van der Waals surface area contributed by atoms with Crippen molar-refractivity contribution in [1.82, 2.24) is 21.1 Å². The summed E-state index contributed by atoms with van der Waals surface area (Å²) in [5.74, 6) is -1.06. The summed E-state index contributed by atoms with van der Waals surface area (Å²) in [5.41, 5.74) is 4.93. The van der Waals surface area contributed by atoms with E-state index in [0.29, 0.717) is 17.7 Å². The van der Waals surface area contributed by atoms with Gasteiger partial charge in [-0.15, -0.1) is 11.3 Å². The molecule has 1 saturated heterocycles. The minimum atomic E-state index is -0.947. The molecule has 0 unspecified atom stereocenters. The highest BCUT2D eigenvalue weighted by atomic mass is 32.1. The van der Waals surface area contributed by atoms with Gasteiger partial charge in [-0.2, -0.15) is 0 Å². The number of thiophene rings is 1. The molecule has 2 atom stereocenters. The molecule has 1 spiro atoms. The molecule has 0 aromatic carbocycles. The van der Waals surface area contributed by atoms with Crippen LogP contribution in [-0.4, -0.2) is 40.7 Å². The molecule has 5 amide bonds. The summed E-state index contributed by atoms with van der Waals surface area (Å²) in [6, 6.07) is 1.33. The van der Waals surface area contributed by atoms with Gasteiger partial charge in [0.15, 0.2) is 0 Å². The highest BCUT2D eigenvalue weighted by Crippen LogP contribution is 2.46. The minimum Gasteiger partial charge on any atom is -0.323 e. The Labute approximate surface area is 186 Å². The van der Waals surface area contributed by atoms with E-state index in [-0.39, 0.29) is 23.1 Å². The first-order valence-electron chi connectivity index (χ1n) is 10.9. The van der Waals surface area contributed by atoms with Gasteiger partial charge in [-0.25, -0.2) is 4.79 Å². The fourth-order valence-corrected chi connectivity index (χ4v) is 6.77. The third kappa shape index (κ3) is 4.33. The molecule has 3 aliphatic rings. The van der Waals surface area contributed by atoms with E-state index in [1.54, 1.807) is 0 Å². The maximum Gasteiger partial charge on any atom is 0.325 e. The Morgan fingerprint density at radius 2 is 1.94 bits per heavy atom. The topological polar surface area (TPSA) is 108 Å². The Morgan fingerprint density at radius 3 is 2.65 bits per heavy atom. The van der Waals surface area contributed by atoms with Crippen LogP contribution >= 0.6 is 11.3 Å². The van der Waals surface area contributed by atoms with Crippen LogP contribution in [0.3, 0.4) is 0 Å². The SMILES string of the molecule is C[C@@H]1CC(C)(C)C[C@]2(C1)NC(=O)N(CC(=O)NNC(=O)c1cc3c(s1)CCCC3)C2=O. The monoisotopic (exact) mass is 446 g/mol. The van der Waals surface area contributed by atoms with Crippen molar-refractivity contribution < 1.29 is 19.2 Å². The average Bonchev–Trinajstić information content (AvgIpc) is 3.20. The van der Waals surface area contributed by atoms with Gasteiger partial charge in [0.05, 0.1) is 4.88 Å². The number of hydrazine groups is 1. The summed E-state index contributed by atoms with van der Waals surface area (Å²) in [6.45, 7) is 5.84. The van der Waals surface area contributed by atoms with Crippen molar-refractivity contribution in [1.29, 1.82) is 0 Å². The normalized spacial score (nSPS) is 27.1. The lowest BCUT2D eigenvalue weighted by atomic mass is 9.64. The van der Waals surface area contributed by atoms with Crippen LogP contribution in [0.2, 0.25) is 0 Å². The third-order valence-corrected chi connectivity index (χ3v) is 7.70. The Bertz CT molecular complexity index is 916. The first kappa shape index (κ1) is 21.8. The predicted octanol–water partition coefficient (Wildman–Crippen LogP) is 2.52. The van der Waals surface area contributed by atoms with Crippen molar-refractivity contribution in [2.75, 3.05) is 6.54 Å². The number of imide groups is 1. The number of hydrogen-bond acceptors (Lipinski definition) is 5. The van der Waals surface area contributed by atoms with Crippen molar-refractivity contribution in [3.8, 4) is 0 Å². The number of urea groups is 1. The summed E-state index contributed by atoms with van der Waals surface area (Å²) < 4.78 is 0. The second kappa shape index (κ2) is 7.93. The fourth-order valence-electron chi connectivity index (χ4n) is 5.62. The number of amides is 5. The summed E-state index contributed by atoms with van der Waals surface area (Å²) in [5, 5.41) is 2.85. The van der Waals surface area contributed by atoms with Crippen LogP contribution < -0.4 is 16.2 Å². The predicted molar refractivity (Wildman–Crippen MR) is 116 cm³/mol. The van der Waals surface area contributed by atoms with E-state index in [1.807, 2.05) is 6.07 Å². The number of aryl methyl sites for hydroxylation is 2. The van der Waals surface area contributed by atoms with Crippen LogP contribution in [0.15, 0.2) is 6.07 Å². The maximum atomic E-state index is 13.1. The molecule has 168 valence electrons. The highest BCUT2D eigenvalue weighted by molar-refractivity contribution is 7.14. The molecular weight excluding hydrogens is 416 g/mol.